The van der Waals surface area contributed by atoms with Gasteiger partial charge < -0.3 is 4.90 Å². The molecule has 0 bridgehead atoms. The highest BCUT2D eigenvalue weighted by Crippen LogP contribution is 2.39. The highest BCUT2D eigenvalue weighted by Gasteiger charge is 2.32. The SMILES string of the molecule is O=C(CCSc1ccc(F)cc1)N1CCc2sccc2[C@H]1c1cccs1. The van der Waals surface area contributed by atoms with E-state index in [1.807, 2.05) is 11.0 Å². The molecule has 0 N–H and O–H groups in total. The van der Waals surface area contributed by atoms with Crippen molar-refractivity contribution in [2.24, 2.45) is 0 Å². The molecule has 4 rings (SSSR count). The van der Waals surface area contributed by atoms with Crippen molar-refractivity contribution in [2.75, 3.05) is 12.3 Å². The van der Waals surface area contributed by atoms with Gasteiger partial charge in [0.05, 0.1) is 6.04 Å². The first-order valence-electron chi connectivity index (χ1n) is 8.50. The van der Waals surface area contributed by atoms with Gasteiger partial charge in [-0.1, -0.05) is 6.07 Å². The second kappa shape index (κ2) is 7.94. The molecule has 1 amide bonds. The minimum Gasteiger partial charge on any atom is -0.330 e. The fraction of sp³-hybridized carbons (Fsp3) is 0.250. The van der Waals surface area contributed by atoms with E-state index in [4.69, 9.17) is 0 Å². The number of thioether (sulfide) groups is 1. The van der Waals surface area contributed by atoms with Crippen LogP contribution >= 0.6 is 34.4 Å². The molecule has 1 aliphatic rings. The van der Waals surface area contributed by atoms with Crippen LogP contribution in [-0.4, -0.2) is 23.1 Å². The van der Waals surface area contributed by atoms with E-state index in [0.717, 1.165) is 17.9 Å². The molecule has 3 heterocycles. The molecule has 0 fully saturated rings. The first-order chi connectivity index (χ1) is 12.7. The average molecular weight is 404 g/mol. The number of carbonyl (C=O) groups is 1. The summed E-state index contributed by atoms with van der Waals surface area (Å²) in [7, 11) is 0. The molecule has 0 radical (unpaired) electrons. The van der Waals surface area contributed by atoms with Crippen LogP contribution in [0.3, 0.4) is 0 Å². The van der Waals surface area contributed by atoms with Crippen molar-refractivity contribution >= 4 is 40.3 Å². The monoisotopic (exact) mass is 403 g/mol. The van der Waals surface area contributed by atoms with E-state index in [-0.39, 0.29) is 17.8 Å². The summed E-state index contributed by atoms with van der Waals surface area (Å²) in [6.45, 7) is 0.774. The maximum Gasteiger partial charge on any atom is 0.224 e. The second-order valence-electron chi connectivity index (χ2n) is 6.11. The third-order valence-corrected chi connectivity index (χ3v) is 7.43. The fourth-order valence-electron chi connectivity index (χ4n) is 3.27. The Morgan fingerprint density at radius 1 is 1.15 bits per heavy atom. The van der Waals surface area contributed by atoms with E-state index in [1.165, 1.54) is 27.5 Å². The molecule has 6 heteroatoms. The maximum atomic E-state index is 13.0. The van der Waals surface area contributed by atoms with Crippen molar-refractivity contribution < 1.29 is 9.18 Å². The van der Waals surface area contributed by atoms with Gasteiger partial charge in [0.25, 0.3) is 0 Å². The van der Waals surface area contributed by atoms with Gasteiger partial charge in [-0.2, -0.15) is 0 Å². The van der Waals surface area contributed by atoms with Gasteiger partial charge in [-0.3, -0.25) is 4.79 Å². The van der Waals surface area contributed by atoms with Crippen LogP contribution in [0.4, 0.5) is 4.39 Å². The van der Waals surface area contributed by atoms with Crippen LogP contribution in [0, 0.1) is 5.82 Å². The van der Waals surface area contributed by atoms with Crippen molar-refractivity contribution in [1.82, 2.24) is 4.90 Å². The number of thiophene rings is 2. The Hall–Kier alpha value is -1.63. The van der Waals surface area contributed by atoms with Gasteiger partial charge in [0.1, 0.15) is 5.82 Å². The normalized spacial score (nSPS) is 16.5. The Morgan fingerprint density at radius 2 is 2.00 bits per heavy atom. The number of rotatable bonds is 5. The lowest BCUT2D eigenvalue weighted by molar-refractivity contribution is -0.132. The molecule has 0 spiro atoms. The van der Waals surface area contributed by atoms with Crippen LogP contribution in [-0.2, 0) is 11.2 Å². The molecule has 0 saturated carbocycles. The summed E-state index contributed by atoms with van der Waals surface area (Å²) >= 11 is 5.10. The minimum atomic E-state index is -0.232. The average Bonchev–Trinajstić information content (AvgIpc) is 3.34. The van der Waals surface area contributed by atoms with Gasteiger partial charge >= 0.3 is 0 Å². The van der Waals surface area contributed by atoms with Gasteiger partial charge in [0.15, 0.2) is 0 Å². The number of hydrogen-bond acceptors (Lipinski definition) is 4. The lowest BCUT2D eigenvalue weighted by atomic mass is 9.98. The minimum absolute atomic E-state index is 0.0494. The largest absolute Gasteiger partial charge is 0.330 e. The van der Waals surface area contributed by atoms with Crippen molar-refractivity contribution in [1.29, 1.82) is 0 Å². The zero-order valence-corrected chi connectivity index (χ0v) is 16.5. The first-order valence-corrected chi connectivity index (χ1v) is 11.2. The Kier molecular flexibility index (Phi) is 5.43. The van der Waals surface area contributed by atoms with Crippen LogP contribution in [0.1, 0.15) is 27.8 Å². The third-order valence-electron chi connectivity index (χ3n) is 4.50. The van der Waals surface area contributed by atoms with Crippen LogP contribution < -0.4 is 0 Å². The van der Waals surface area contributed by atoms with Crippen molar-refractivity contribution in [3.8, 4) is 0 Å². The predicted octanol–water partition coefficient (Wildman–Crippen LogP) is 5.61. The number of halogens is 1. The summed E-state index contributed by atoms with van der Waals surface area (Å²) in [6.07, 6.45) is 1.43. The predicted molar refractivity (Wildman–Crippen MR) is 108 cm³/mol. The molecule has 0 unspecified atom stereocenters. The standard InChI is InChI=1S/C20H18FNOS3/c21-14-3-5-15(6-4-14)24-13-9-19(23)22-10-7-17-16(8-12-26-17)20(22)18-2-1-11-25-18/h1-6,8,11-12,20H,7,9-10,13H2/t20-/m0/s1. The molecule has 2 nitrogen and oxygen atoms in total. The molecular weight excluding hydrogens is 385 g/mol. The van der Waals surface area contributed by atoms with Crippen molar-refractivity contribution in [3.05, 3.63) is 74.4 Å². The maximum absolute atomic E-state index is 13.0. The molecule has 2 aromatic heterocycles. The molecular formula is C20H18FNOS3. The lowest BCUT2D eigenvalue weighted by Crippen LogP contribution is -2.39. The summed E-state index contributed by atoms with van der Waals surface area (Å²) in [5.41, 5.74) is 1.28. The zero-order valence-electron chi connectivity index (χ0n) is 14.1. The summed E-state index contributed by atoms with van der Waals surface area (Å²) in [6, 6.07) is 12.8. The highest BCUT2D eigenvalue weighted by molar-refractivity contribution is 7.99. The summed E-state index contributed by atoms with van der Waals surface area (Å²) in [4.78, 5) is 18.6. The number of benzene rings is 1. The Bertz CT molecular complexity index is 873. The van der Waals surface area contributed by atoms with E-state index < -0.39 is 0 Å². The van der Waals surface area contributed by atoms with Crippen molar-refractivity contribution in [3.63, 3.8) is 0 Å². The number of hydrogen-bond donors (Lipinski definition) is 0. The Labute approximate surface area is 164 Å². The molecule has 134 valence electrons. The van der Waals surface area contributed by atoms with Gasteiger partial charge in [-0.25, -0.2) is 4.39 Å². The van der Waals surface area contributed by atoms with Gasteiger partial charge in [-0.15, -0.1) is 34.4 Å². The van der Waals surface area contributed by atoms with Gasteiger partial charge in [-0.05, 0) is 59.1 Å². The summed E-state index contributed by atoms with van der Waals surface area (Å²) < 4.78 is 13.0. The number of amides is 1. The van der Waals surface area contributed by atoms with Crippen molar-refractivity contribution in [2.45, 2.75) is 23.8 Å². The molecule has 26 heavy (non-hydrogen) atoms. The first kappa shape index (κ1) is 17.8. The molecule has 0 saturated heterocycles. The van der Waals surface area contributed by atoms with E-state index in [1.54, 1.807) is 46.6 Å². The molecule has 1 aromatic carbocycles. The quantitative estimate of drug-likeness (QED) is 0.517. The molecule has 1 atom stereocenters. The molecule has 0 aliphatic carbocycles. The summed E-state index contributed by atoms with van der Waals surface area (Å²) in [5, 5.41) is 4.20. The zero-order chi connectivity index (χ0) is 17.9. The highest BCUT2D eigenvalue weighted by atomic mass is 32.2. The van der Waals surface area contributed by atoms with Gasteiger partial charge in [0, 0.05) is 33.4 Å². The number of nitrogens with zero attached hydrogens (tertiary/aromatic N) is 1. The van der Waals surface area contributed by atoms with Crippen LogP contribution in [0.2, 0.25) is 0 Å². The van der Waals surface area contributed by atoms with E-state index in [9.17, 15) is 9.18 Å². The summed E-state index contributed by atoms with van der Waals surface area (Å²) in [5.74, 6) is 0.660. The number of carbonyl (C=O) groups excluding carboxylic acids is 1. The van der Waals surface area contributed by atoms with Crippen LogP contribution in [0.25, 0.3) is 0 Å². The molecule has 1 aliphatic heterocycles. The van der Waals surface area contributed by atoms with E-state index in [2.05, 4.69) is 22.9 Å². The Morgan fingerprint density at radius 3 is 2.77 bits per heavy atom. The topological polar surface area (TPSA) is 20.3 Å². The lowest BCUT2D eigenvalue weighted by Gasteiger charge is -2.35. The second-order valence-corrected chi connectivity index (χ2v) is 9.25. The van der Waals surface area contributed by atoms with E-state index in [0.29, 0.717) is 12.2 Å². The third kappa shape index (κ3) is 3.72. The van der Waals surface area contributed by atoms with Gasteiger partial charge in [0.2, 0.25) is 5.91 Å². The van der Waals surface area contributed by atoms with Crippen LogP contribution in [0.15, 0.2) is 58.1 Å². The number of fused-ring (bicyclic) bond motifs is 1. The van der Waals surface area contributed by atoms with E-state index >= 15 is 0 Å². The Balaban J connectivity index is 1.45. The van der Waals surface area contributed by atoms with Crippen LogP contribution in [0.5, 0.6) is 0 Å². The molecule has 3 aromatic rings. The fourth-order valence-corrected chi connectivity index (χ4v) is 5.87. The smallest absolute Gasteiger partial charge is 0.224 e.